The van der Waals surface area contributed by atoms with E-state index in [4.69, 9.17) is 0 Å². The highest BCUT2D eigenvalue weighted by atomic mass is 16.2. The van der Waals surface area contributed by atoms with Crippen molar-refractivity contribution in [2.24, 2.45) is 0 Å². The number of rotatable bonds is 8. The molecule has 0 aromatic heterocycles. The highest BCUT2D eigenvalue weighted by Crippen LogP contribution is 2.18. The average Bonchev–Trinajstić information content (AvgIpc) is 3.30. The number of hydrogen-bond acceptors (Lipinski definition) is 2. The molecule has 0 heterocycles. The molecule has 1 aromatic carbocycles. The summed E-state index contributed by atoms with van der Waals surface area (Å²) in [6, 6.07) is 8.65. The molecular weight excluding hydrogens is 290 g/mol. The van der Waals surface area contributed by atoms with Crippen LogP contribution in [0, 0.1) is 0 Å². The molecule has 3 N–H and O–H groups in total. The molecule has 1 aromatic rings. The Morgan fingerprint density at radius 3 is 2.35 bits per heavy atom. The highest BCUT2D eigenvalue weighted by molar-refractivity contribution is 5.79. The lowest BCUT2D eigenvalue weighted by molar-refractivity contribution is -0.862. The molecule has 2 amide bonds. The van der Waals surface area contributed by atoms with Gasteiger partial charge in [0.05, 0.1) is 13.1 Å². The van der Waals surface area contributed by atoms with Crippen molar-refractivity contribution >= 4 is 11.8 Å². The van der Waals surface area contributed by atoms with E-state index in [0.29, 0.717) is 19.1 Å². The van der Waals surface area contributed by atoms with Crippen molar-refractivity contribution in [2.45, 2.75) is 45.2 Å². The first-order chi connectivity index (χ1) is 11.0. The van der Waals surface area contributed by atoms with Gasteiger partial charge in [-0.25, -0.2) is 0 Å². The maximum atomic E-state index is 12.1. The molecule has 0 saturated heterocycles. The Hall–Kier alpha value is -1.88. The summed E-state index contributed by atoms with van der Waals surface area (Å²) in [6.45, 7) is 4.74. The van der Waals surface area contributed by atoms with Crippen LogP contribution in [0.5, 0.6) is 0 Å². The molecule has 1 saturated carbocycles. The first-order valence-electron chi connectivity index (χ1n) is 8.46. The standard InChI is InChI=1S/C18H27N3O2/c1-4-14-5-7-15(8-6-14)13(2)19-17(22)11-21(3)12-18(23)20-16-9-10-16/h5-8,13,16H,4,9-12H2,1-3H3,(H,19,22)(H,20,23)/p+1/t13-/m1/s1. The topological polar surface area (TPSA) is 62.6 Å². The van der Waals surface area contributed by atoms with Gasteiger partial charge in [0.1, 0.15) is 0 Å². The quantitative estimate of drug-likeness (QED) is 0.642. The third kappa shape index (κ3) is 6.02. The molecule has 1 aliphatic rings. The zero-order valence-corrected chi connectivity index (χ0v) is 14.3. The summed E-state index contributed by atoms with van der Waals surface area (Å²) < 4.78 is 0. The fourth-order valence-corrected chi connectivity index (χ4v) is 2.53. The number of carbonyl (C=O) groups excluding carboxylic acids is 2. The number of carbonyl (C=O) groups is 2. The smallest absolute Gasteiger partial charge is 0.275 e. The SMILES string of the molecule is CCc1ccc([C@@H](C)NC(=O)C[NH+](C)CC(=O)NC2CC2)cc1. The van der Waals surface area contributed by atoms with Gasteiger partial charge in [-0.05, 0) is 37.3 Å². The van der Waals surface area contributed by atoms with Crippen LogP contribution in [0.25, 0.3) is 0 Å². The third-order valence-corrected chi connectivity index (χ3v) is 4.13. The second-order valence-corrected chi connectivity index (χ2v) is 6.54. The summed E-state index contributed by atoms with van der Waals surface area (Å²) in [6.07, 6.45) is 3.18. The fraction of sp³-hybridized carbons (Fsp3) is 0.556. The van der Waals surface area contributed by atoms with E-state index in [1.165, 1.54) is 5.56 Å². The summed E-state index contributed by atoms with van der Waals surface area (Å²) >= 11 is 0. The van der Waals surface area contributed by atoms with Crippen molar-refractivity contribution in [1.82, 2.24) is 10.6 Å². The number of aryl methyl sites for hydroxylation is 1. The van der Waals surface area contributed by atoms with Gasteiger partial charge in [-0.1, -0.05) is 31.2 Å². The van der Waals surface area contributed by atoms with Gasteiger partial charge in [0.15, 0.2) is 13.1 Å². The van der Waals surface area contributed by atoms with E-state index < -0.39 is 0 Å². The Kier molecular flexibility index (Phi) is 6.16. The van der Waals surface area contributed by atoms with Gasteiger partial charge >= 0.3 is 0 Å². The molecule has 2 atom stereocenters. The van der Waals surface area contributed by atoms with E-state index in [0.717, 1.165) is 29.7 Å². The number of nitrogens with one attached hydrogen (secondary N) is 3. The predicted molar refractivity (Wildman–Crippen MR) is 90.2 cm³/mol. The van der Waals surface area contributed by atoms with Crippen LogP contribution < -0.4 is 15.5 Å². The number of quaternary nitrogens is 1. The van der Waals surface area contributed by atoms with E-state index >= 15 is 0 Å². The van der Waals surface area contributed by atoms with Crippen LogP contribution in [0.3, 0.4) is 0 Å². The summed E-state index contributed by atoms with van der Waals surface area (Å²) in [7, 11) is 1.87. The largest absolute Gasteiger partial charge is 0.348 e. The molecule has 2 rings (SSSR count). The van der Waals surface area contributed by atoms with E-state index in [2.05, 4.69) is 41.8 Å². The lowest BCUT2D eigenvalue weighted by atomic mass is 10.1. The molecule has 1 aliphatic carbocycles. The molecule has 1 unspecified atom stereocenters. The second kappa shape index (κ2) is 8.11. The van der Waals surface area contributed by atoms with Crippen molar-refractivity contribution in [3.8, 4) is 0 Å². The van der Waals surface area contributed by atoms with Crippen LogP contribution in [-0.4, -0.2) is 38.0 Å². The Bertz CT molecular complexity index is 538. The van der Waals surface area contributed by atoms with Crippen LogP contribution in [-0.2, 0) is 16.0 Å². The van der Waals surface area contributed by atoms with Crippen LogP contribution in [0.4, 0.5) is 0 Å². The maximum absolute atomic E-state index is 12.1. The minimum atomic E-state index is -0.0335. The average molecular weight is 318 g/mol. The first-order valence-corrected chi connectivity index (χ1v) is 8.46. The van der Waals surface area contributed by atoms with Gasteiger partial charge in [-0.2, -0.15) is 0 Å². The number of hydrogen-bond donors (Lipinski definition) is 3. The van der Waals surface area contributed by atoms with Crippen molar-refractivity contribution in [1.29, 1.82) is 0 Å². The van der Waals surface area contributed by atoms with E-state index in [1.807, 2.05) is 14.0 Å². The van der Waals surface area contributed by atoms with Crippen molar-refractivity contribution in [2.75, 3.05) is 20.1 Å². The summed E-state index contributed by atoms with van der Waals surface area (Å²) in [4.78, 5) is 24.7. The Morgan fingerprint density at radius 2 is 1.78 bits per heavy atom. The summed E-state index contributed by atoms with van der Waals surface area (Å²) in [5.41, 5.74) is 2.39. The highest BCUT2D eigenvalue weighted by Gasteiger charge is 2.25. The van der Waals surface area contributed by atoms with Crippen LogP contribution in [0.2, 0.25) is 0 Å². The Balaban J connectivity index is 1.74. The first kappa shape index (κ1) is 17.5. The molecule has 126 valence electrons. The van der Waals surface area contributed by atoms with Gasteiger partial charge < -0.3 is 15.5 Å². The lowest BCUT2D eigenvalue weighted by Gasteiger charge is -2.17. The normalized spacial score (nSPS) is 16.5. The molecule has 5 nitrogen and oxygen atoms in total. The van der Waals surface area contributed by atoms with Gasteiger partial charge in [0.2, 0.25) is 0 Å². The van der Waals surface area contributed by atoms with E-state index in [9.17, 15) is 9.59 Å². The van der Waals surface area contributed by atoms with Crippen molar-refractivity contribution in [3.05, 3.63) is 35.4 Å². The number of likely N-dealkylation sites (N-methyl/N-ethyl adjacent to an activating group) is 1. The predicted octanol–water partition coefficient (Wildman–Crippen LogP) is 0.220. The van der Waals surface area contributed by atoms with Gasteiger partial charge in [0, 0.05) is 6.04 Å². The molecular formula is C18H28N3O2+. The lowest BCUT2D eigenvalue weighted by Crippen LogP contribution is -3.11. The number of benzene rings is 1. The van der Waals surface area contributed by atoms with E-state index in [-0.39, 0.29) is 17.9 Å². The molecule has 23 heavy (non-hydrogen) atoms. The molecule has 0 spiro atoms. The second-order valence-electron chi connectivity index (χ2n) is 6.54. The van der Waals surface area contributed by atoms with Crippen LogP contribution in [0.15, 0.2) is 24.3 Å². The zero-order chi connectivity index (χ0) is 16.8. The Labute approximate surface area is 138 Å². The third-order valence-electron chi connectivity index (χ3n) is 4.13. The molecule has 1 fully saturated rings. The zero-order valence-electron chi connectivity index (χ0n) is 14.3. The monoisotopic (exact) mass is 318 g/mol. The molecule has 0 radical (unpaired) electrons. The number of amides is 2. The fourth-order valence-electron chi connectivity index (χ4n) is 2.53. The Morgan fingerprint density at radius 1 is 1.17 bits per heavy atom. The maximum Gasteiger partial charge on any atom is 0.275 e. The van der Waals surface area contributed by atoms with Crippen molar-refractivity contribution in [3.63, 3.8) is 0 Å². The van der Waals surface area contributed by atoms with E-state index in [1.54, 1.807) is 0 Å². The molecule has 5 heteroatoms. The van der Waals surface area contributed by atoms with Gasteiger partial charge in [0.25, 0.3) is 11.8 Å². The van der Waals surface area contributed by atoms with Crippen LogP contribution >= 0.6 is 0 Å². The minimum Gasteiger partial charge on any atom is -0.348 e. The van der Waals surface area contributed by atoms with Crippen LogP contribution in [0.1, 0.15) is 43.9 Å². The van der Waals surface area contributed by atoms with Gasteiger partial charge in [-0.3, -0.25) is 9.59 Å². The minimum absolute atomic E-state index is 0.0264. The van der Waals surface area contributed by atoms with Gasteiger partial charge in [-0.15, -0.1) is 0 Å². The van der Waals surface area contributed by atoms with Crippen molar-refractivity contribution < 1.29 is 14.5 Å². The summed E-state index contributed by atoms with van der Waals surface area (Å²) in [5, 5.41) is 5.94. The molecule has 0 aliphatic heterocycles. The molecule has 0 bridgehead atoms. The summed E-state index contributed by atoms with van der Waals surface area (Å²) in [5.74, 6) is -0.00482.